The van der Waals surface area contributed by atoms with Gasteiger partial charge in [-0.2, -0.15) is 0 Å². The van der Waals surface area contributed by atoms with Crippen LogP contribution in [-0.2, 0) is 4.79 Å². The SMILES string of the molecule is COc1ccc2c(c1)C(=O)CC2C(=O)N1CCCC1. The summed E-state index contributed by atoms with van der Waals surface area (Å²) < 4.78 is 5.14. The molecule has 100 valence electrons. The van der Waals surface area contributed by atoms with Crippen molar-refractivity contribution in [3.8, 4) is 5.75 Å². The van der Waals surface area contributed by atoms with Gasteiger partial charge in [-0.05, 0) is 30.5 Å². The standard InChI is InChI=1S/C15H17NO3/c1-19-10-4-5-11-12(8-10)14(17)9-13(11)15(18)16-6-2-3-7-16/h4-5,8,13H,2-3,6-7,9H2,1H3. The summed E-state index contributed by atoms with van der Waals surface area (Å²) in [7, 11) is 1.58. The third-order valence-electron chi connectivity index (χ3n) is 4.04. The highest BCUT2D eigenvalue weighted by Gasteiger charge is 2.37. The van der Waals surface area contributed by atoms with E-state index in [2.05, 4.69) is 0 Å². The summed E-state index contributed by atoms with van der Waals surface area (Å²) >= 11 is 0. The molecule has 0 spiro atoms. The number of rotatable bonds is 2. The number of hydrogen-bond donors (Lipinski definition) is 0. The Hall–Kier alpha value is -1.84. The molecule has 0 N–H and O–H groups in total. The molecular weight excluding hydrogens is 242 g/mol. The minimum Gasteiger partial charge on any atom is -0.497 e. The van der Waals surface area contributed by atoms with E-state index in [0.717, 1.165) is 31.5 Å². The predicted molar refractivity (Wildman–Crippen MR) is 70.5 cm³/mol. The molecule has 1 fully saturated rings. The van der Waals surface area contributed by atoms with E-state index in [1.165, 1.54) is 0 Å². The first-order valence-corrected chi connectivity index (χ1v) is 6.70. The average Bonchev–Trinajstić information content (AvgIpc) is 3.06. The monoisotopic (exact) mass is 259 g/mol. The molecule has 1 amide bonds. The minimum absolute atomic E-state index is 0.0476. The van der Waals surface area contributed by atoms with Crippen LogP contribution in [0.5, 0.6) is 5.75 Å². The molecule has 1 heterocycles. The van der Waals surface area contributed by atoms with E-state index < -0.39 is 0 Å². The van der Waals surface area contributed by atoms with Crippen molar-refractivity contribution < 1.29 is 14.3 Å². The van der Waals surface area contributed by atoms with Crippen LogP contribution in [0, 0.1) is 0 Å². The van der Waals surface area contributed by atoms with E-state index in [-0.39, 0.29) is 17.6 Å². The van der Waals surface area contributed by atoms with Crippen LogP contribution in [0.3, 0.4) is 0 Å². The van der Waals surface area contributed by atoms with Crippen molar-refractivity contribution in [2.75, 3.05) is 20.2 Å². The summed E-state index contributed by atoms with van der Waals surface area (Å²) in [6, 6.07) is 5.42. The van der Waals surface area contributed by atoms with Crippen molar-refractivity contribution in [3.05, 3.63) is 29.3 Å². The maximum atomic E-state index is 12.5. The lowest BCUT2D eigenvalue weighted by molar-refractivity contribution is -0.131. The number of carbonyl (C=O) groups excluding carboxylic acids is 2. The molecule has 4 nitrogen and oxygen atoms in total. The van der Waals surface area contributed by atoms with Crippen LogP contribution in [0.25, 0.3) is 0 Å². The summed E-state index contributed by atoms with van der Waals surface area (Å²) in [6.07, 6.45) is 2.45. The van der Waals surface area contributed by atoms with Crippen molar-refractivity contribution in [2.45, 2.75) is 25.2 Å². The molecule has 1 aliphatic carbocycles. The summed E-state index contributed by atoms with van der Waals surface area (Å²) in [5.41, 5.74) is 1.51. The molecule has 1 aromatic rings. The molecule has 2 aliphatic rings. The molecule has 1 atom stereocenters. The van der Waals surface area contributed by atoms with Gasteiger partial charge in [-0.15, -0.1) is 0 Å². The molecule has 0 bridgehead atoms. The third-order valence-corrected chi connectivity index (χ3v) is 4.04. The van der Waals surface area contributed by atoms with Crippen molar-refractivity contribution in [1.82, 2.24) is 4.90 Å². The lowest BCUT2D eigenvalue weighted by Crippen LogP contribution is -2.31. The number of nitrogens with zero attached hydrogens (tertiary/aromatic N) is 1. The van der Waals surface area contributed by atoms with Crippen LogP contribution in [0.1, 0.15) is 41.1 Å². The summed E-state index contributed by atoms with van der Waals surface area (Å²) in [5, 5.41) is 0. The Morgan fingerprint density at radius 2 is 2.05 bits per heavy atom. The molecule has 0 aromatic heterocycles. The number of Topliss-reactive ketones (excluding diaryl/α,β-unsaturated/α-hetero) is 1. The fourth-order valence-corrected chi connectivity index (χ4v) is 2.99. The lowest BCUT2D eigenvalue weighted by atomic mass is 10.00. The van der Waals surface area contributed by atoms with Gasteiger partial charge in [-0.3, -0.25) is 9.59 Å². The van der Waals surface area contributed by atoms with E-state index in [1.54, 1.807) is 13.2 Å². The number of carbonyl (C=O) groups is 2. The maximum absolute atomic E-state index is 12.5. The first-order valence-electron chi connectivity index (χ1n) is 6.70. The minimum atomic E-state index is -0.286. The van der Waals surface area contributed by atoms with Gasteiger partial charge >= 0.3 is 0 Å². The van der Waals surface area contributed by atoms with E-state index in [9.17, 15) is 9.59 Å². The highest BCUT2D eigenvalue weighted by atomic mass is 16.5. The van der Waals surface area contributed by atoms with E-state index in [4.69, 9.17) is 4.74 Å². The Morgan fingerprint density at radius 1 is 1.32 bits per heavy atom. The van der Waals surface area contributed by atoms with E-state index in [1.807, 2.05) is 17.0 Å². The predicted octanol–water partition coefficient (Wildman–Crippen LogP) is 1.99. The van der Waals surface area contributed by atoms with Gasteiger partial charge in [0.1, 0.15) is 5.75 Å². The van der Waals surface area contributed by atoms with Crippen LogP contribution >= 0.6 is 0 Å². The number of benzene rings is 1. The molecule has 3 rings (SSSR count). The van der Waals surface area contributed by atoms with Crippen LogP contribution in [-0.4, -0.2) is 36.8 Å². The van der Waals surface area contributed by atoms with Crippen molar-refractivity contribution >= 4 is 11.7 Å². The summed E-state index contributed by atoms with van der Waals surface area (Å²) in [6.45, 7) is 1.66. The Balaban J connectivity index is 1.91. The highest BCUT2D eigenvalue weighted by molar-refractivity contribution is 6.07. The Kier molecular flexibility index (Phi) is 3.01. The van der Waals surface area contributed by atoms with Gasteiger partial charge in [-0.25, -0.2) is 0 Å². The van der Waals surface area contributed by atoms with Crippen LogP contribution in [0.4, 0.5) is 0 Å². The van der Waals surface area contributed by atoms with E-state index >= 15 is 0 Å². The van der Waals surface area contributed by atoms with Crippen molar-refractivity contribution in [2.24, 2.45) is 0 Å². The van der Waals surface area contributed by atoms with E-state index in [0.29, 0.717) is 17.7 Å². The second kappa shape index (κ2) is 4.68. The summed E-state index contributed by atoms with van der Waals surface area (Å²) in [5.74, 6) is 0.536. The molecule has 1 saturated heterocycles. The molecular formula is C15H17NO3. The quantitative estimate of drug-likeness (QED) is 0.816. The number of amides is 1. The largest absolute Gasteiger partial charge is 0.497 e. The number of hydrogen-bond acceptors (Lipinski definition) is 3. The van der Waals surface area contributed by atoms with Crippen LogP contribution in [0.15, 0.2) is 18.2 Å². The smallest absolute Gasteiger partial charge is 0.230 e. The Morgan fingerprint density at radius 3 is 2.74 bits per heavy atom. The molecule has 1 aliphatic heterocycles. The van der Waals surface area contributed by atoms with Gasteiger partial charge < -0.3 is 9.64 Å². The molecule has 0 saturated carbocycles. The number of methoxy groups -OCH3 is 1. The molecule has 1 unspecified atom stereocenters. The number of ketones is 1. The fraction of sp³-hybridized carbons (Fsp3) is 0.467. The molecule has 4 heteroatoms. The van der Waals surface area contributed by atoms with Gasteiger partial charge in [0, 0.05) is 25.1 Å². The van der Waals surface area contributed by atoms with Crippen LogP contribution in [0.2, 0.25) is 0 Å². The van der Waals surface area contributed by atoms with Gasteiger partial charge in [0.25, 0.3) is 0 Å². The Labute approximate surface area is 112 Å². The van der Waals surface area contributed by atoms with Crippen molar-refractivity contribution in [1.29, 1.82) is 0 Å². The molecule has 19 heavy (non-hydrogen) atoms. The first-order chi connectivity index (χ1) is 9.20. The number of ether oxygens (including phenoxy) is 1. The fourth-order valence-electron chi connectivity index (χ4n) is 2.99. The van der Waals surface area contributed by atoms with Crippen molar-refractivity contribution in [3.63, 3.8) is 0 Å². The van der Waals surface area contributed by atoms with Crippen LogP contribution < -0.4 is 4.74 Å². The topological polar surface area (TPSA) is 46.6 Å². The zero-order chi connectivity index (χ0) is 13.4. The van der Waals surface area contributed by atoms with Gasteiger partial charge in [0.05, 0.1) is 13.0 Å². The third kappa shape index (κ3) is 2.01. The van der Waals surface area contributed by atoms with Gasteiger partial charge in [0.2, 0.25) is 5.91 Å². The normalized spacial score (nSPS) is 21.6. The molecule has 1 aromatic carbocycles. The highest BCUT2D eigenvalue weighted by Crippen LogP contribution is 2.36. The zero-order valence-electron chi connectivity index (χ0n) is 11.0. The number of likely N-dealkylation sites (tertiary alicyclic amines) is 1. The maximum Gasteiger partial charge on any atom is 0.230 e. The lowest BCUT2D eigenvalue weighted by Gasteiger charge is -2.20. The van der Waals surface area contributed by atoms with Gasteiger partial charge in [-0.1, -0.05) is 6.07 Å². The summed E-state index contributed by atoms with van der Waals surface area (Å²) in [4.78, 5) is 26.4. The zero-order valence-corrected chi connectivity index (χ0v) is 11.0. The average molecular weight is 259 g/mol. The number of fused-ring (bicyclic) bond motifs is 1. The molecule has 0 radical (unpaired) electrons. The second-order valence-electron chi connectivity index (χ2n) is 5.17. The second-order valence-corrected chi connectivity index (χ2v) is 5.17. The van der Waals surface area contributed by atoms with Gasteiger partial charge in [0.15, 0.2) is 5.78 Å². The Bertz CT molecular complexity index is 532. The first kappa shape index (κ1) is 12.2.